The van der Waals surface area contributed by atoms with Crippen molar-refractivity contribution < 1.29 is 9.90 Å². The van der Waals surface area contributed by atoms with Gasteiger partial charge in [-0.2, -0.15) is 0 Å². The smallest absolute Gasteiger partial charge is 0.236 e. The van der Waals surface area contributed by atoms with Crippen LogP contribution in [-0.2, 0) is 4.79 Å². The molecule has 110 valence electrons. The molecular formula is C14H27N3O2. The van der Waals surface area contributed by atoms with Gasteiger partial charge in [0.05, 0.1) is 12.6 Å². The summed E-state index contributed by atoms with van der Waals surface area (Å²) in [6, 6.07) is 0.673. The Morgan fingerprint density at radius 1 is 1.37 bits per heavy atom. The molecule has 2 N–H and O–H groups in total. The SMILES string of the molecule is CN(C)CC1CC(O)CN1C(=O)CNC1CCCC1. The fourth-order valence-electron chi connectivity index (χ4n) is 3.26. The number of aliphatic hydroxyl groups is 1. The summed E-state index contributed by atoms with van der Waals surface area (Å²) in [5.74, 6) is 0.135. The fraction of sp³-hybridized carbons (Fsp3) is 0.929. The minimum absolute atomic E-state index is 0.135. The molecule has 0 spiro atoms. The van der Waals surface area contributed by atoms with Crippen LogP contribution in [0.1, 0.15) is 32.1 Å². The van der Waals surface area contributed by atoms with E-state index in [9.17, 15) is 9.90 Å². The lowest BCUT2D eigenvalue weighted by Gasteiger charge is -2.27. The van der Waals surface area contributed by atoms with Gasteiger partial charge in [-0.25, -0.2) is 0 Å². The van der Waals surface area contributed by atoms with Gasteiger partial charge < -0.3 is 20.2 Å². The normalized spacial score (nSPS) is 28.5. The molecule has 0 bridgehead atoms. The Labute approximate surface area is 115 Å². The van der Waals surface area contributed by atoms with E-state index in [1.54, 1.807) is 0 Å². The highest BCUT2D eigenvalue weighted by Gasteiger charge is 2.34. The van der Waals surface area contributed by atoms with Crippen molar-refractivity contribution in [2.24, 2.45) is 0 Å². The molecule has 0 aromatic heterocycles. The second kappa shape index (κ2) is 6.68. The highest BCUT2D eigenvalue weighted by molar-refractivity contribution is 5.79. The Morgan fingerprint density at radius 3 is 2.68 bits per heavy atom. The maximum absolute atomic E-state index is 12.3. The topological polar surface area (TPSA) is 55.8 Å². The van der Waals surface area contributed by atoms with E-state index < -0.39 is 0 Å². The molecule has 2 aliphatic rings. The molecule has 2 atom stereocenters. The predicted octanol–water partition coefficient (Wildman–Crippen LogP) is 0.0420. The van der Waals surface area contributed by atoms with Crippen LogP contribution in [0.3, 0.4) is 0 Å². The Kier molecular flexibility index (Phi) is 5.19. The number of likely N-dealkylation sites (tertiary alicyclic amines) is 1. The standard InChI is InChI=1S/C14H27N3O2/c1-16(2)9-12-7-13(18)10-17(12)14(19)8-15-11-5-3-4-6-11/h11-13,15,18H,3-10H2,1-2H3. The number of amides is 1. The van der Waals surface area contributed by atoms with Crippen molar-refractivity contribution >= 4 is 5.91 Å². The van der Waals surface area contributed by atoms with Gasteiger partial charge in [0, 0.05) is 25.2 Å². The van der Waals surface area contributed by atoms with E-state index in [1.165, 1.54) is 25.7 Å². The number of nitrogens with zero attached hydrogens (tertiary/aromatic N) is 2. The zero-order valence-electron chi connectivity index (χ0n) is 12.1. The van der Waals surface area contributed by atoms with Gasteiger partial charge >= 0.3 is 0 Å². The van der Waals surface area contributed by atoms with Crippen LogP contribution in [0.25, 0.3) is 0 Å². The van der Waals surface area contributed by atoms with Crippen molar-refractivity contribution in [1.82, 2.24) is 15.1 Å². The van der Waals surface area contributed by atoms with Crippen LogP contribution in [0, 0.1) is 0 Å². The number of hydrogen-bond donors (Lipinski definition) is 2. The summed E-state index contributed by atoms with van der Waals surface area (Å²) >= 11 is 0. The van der Waals surface area contributed by atoms with E-state index in [0.717, 1.165) is 6.54 Å². The number of aliphatic hydroxyl groups excluding tert-OH is 1. The number of β-amino-alcohol motifs (C(OH)–C–C–N with tert-alkyl or cyclic N) is 1. The summed E-state index contributed by atoms with van der Waals surface area (Å²) in [5.41, 5.74) is 0. The third kappa shape index (κ3) is 4.16. The summed E-state index contributed by atoms with van der Waals surface area (Å²) in [5, 5.41) is 13.1. The number of carbonyl (C=O) groups is 1. The zero-order chi connectivity index (χ0) is 13.8. The average Bonchev–Trinajstić information content (AvgIpc) is 2.95. The van der Waals surface area contributed by atoms with E-state index in [1.807, 2.05) is 19.0 Å². The van der Waals surface area contributed by atoms with Crippen molar-refractivity contribution in [3.63, 3.8) is 0 Å². The Morgan fingerprint density at radius 2 is 2.05 bits per heavy atom. The first-order valence-corrected chi connectivity index (χ1v) is 7.42. The van der Waals surface area contributed by atoms with E-state index in [4.69, 9.17) is 0 Å². The van der Waals surface area contributed by atoms with Crippen molar-refractivity contribution in [3.8, 4) is 0 Å². The molecule has 1 saturated heterocycles. The zero-order valence-corrected chi connectivity index (χ0v) is 12.1. The van der Waals surface area contributed by atoms with Gasteiger partial charge in [0.15, 0.2) is 0 Å². The summed E-state index contributed by atoms with van der Waals surface area (Å²) in [6.07, 6.45) is 5.27. The third-order valence-corrected chi connectivity index (χ3v) is 4.19. The van der Waals surface area contributed by atoms with Crippen LogP contribution in [-0.4, -0.2) is 72.7 Å². The van der Waals surface area contributed by atoms with Gasteiger partial charge in [-0.05, 0) is 33.4 Å². The number of carbonyl (C=O) groups excluding carboxylic acids is 1. The van der Waals surface area contributed by atoms with Crippen LogP contribution < -0.4 is 5.32 Å². The first-order chi connectivity index (χ1) is 9.06. The number of hydrogen-bond acceptors (Lipinski definition) is 4. The molecule has 2 unspecified atom stereocenters. The monoisotopic (exact) mass is 269 g/mol. The molecule has 1 aliphatic heterocycles. The lowest BCUT2D eigenvalue weighted by molar-refractivity contribution is -0.131. The van der Waals surface area contributed by atoms with Crippen LogP contribution in [0.2, 0.25) is 0 Å². The van der Waals surface area contributed by atoms with Crippen LogP contribution in [0.4, 0.5) is 0 Å². The molecule has 19 heavy (non-hydrogen) atoms. The number of nitrogens with one attached hydrogen (secondary N) is 1. The number of likely N-dealkylation sites (N-methyl/N-ethyl adjacent to an activating group) is 1. The van der Waals surface area contributed by atoms with Crippen LogP contribution in [0.15, 0.2) is 0 Å². The van der Waals surface area contributed by atoms with Crippen LogP contribution in [0.5, 0.6) is 0 Å². The minimum Gasteiger partial charge on any atom is -0.391 e. The maximum atomic E-state index is 12.3. The maximum Gasteiger partial charge on any atom is 0.236 e. The van der Waals surface area contributed by atoms with Gasteiger partial charge in [0.2, 0.25) is 5.91 Å². The summed E-state index contributed by atoms with van der Waals surface area (Å²) in [7, 11) is 4.01. The highest BCUT2D eigenvalue weighted by atomic mass is 16.3. The van der Waals surface area contributed by atoms with Crippen molar-refractivity contribution in [2.45, 2.75) is 50.3 Å². The number of rotatable bonds is 5. The lowest BCUT2D eigenvalue weighted by Crippen LogP contribution is -2.46. The average molecular weight is 269 g/mol. The second-order valence-corrected chi connectivity index (χ2v) is 6.21. The molecule has 2 rings (SSSR count). The van der Waals surface area contributed by atoms with Crippen molar-refractivity contribution in [3.05, 3.63) is 0 Å². The van der Waals surface area contributed by atoms with Crippen LogP contribution >= 0.6 is 0 Å². The Bertz CT molecular complexity index is 303. The Hall–Kier alpha value is -0.650. The van der Waals surface area contributed by atoms with Gasteiger partial charge in [-0.3, -0.25) is 4.79 Å². The van der Waals surface area contributed by atoms with Crippen molar-refractivity contribution in [2.75, 3.05) is 33.7 Å². The molecule has 1 amide bonds. The molecule has 1 aliphatic carbocycles. The molecule has 2 fully saturated rings. The molecular weight excluding hydrogens is 242 g/mol. The molecule has 0 radical (unpaired) electrons. The summed E-state index contributed by atoms with van der Waals surface area (Å²) in [6.45, 7) is 1.73. The minimum atomic E-state index is -0.361. The first kappa shape index (κ1) is 14.8. The predicted molar refractivity (Wildman–Crippen MR) is 74.9 cm³/mol. The second-order valence-electron chi connectivity index (χ2n) is 6.21. The largest absolute Gasteiger partial charge is 0.391 e. The Balaban J connectivity index is 1.81. The van der Waals surface area contributed by atoms with Crippen molar-refractivity contribution in [1.29, 1.82) is 0 Å². The molecule has 5 heteroatoms. The van der Waals surface area contributed by atoms with E-state index in [0.29, 0.717) is 25.6 Å². The summed E-state index contributed by atoms with van der Waals surface area (Å²) in [4.78, 5) is 16.2. The van der Waals surface area contributed by atoms with Gasteiger partial charge in [0.25, 0.3) is 0 Å². The highest BCUT2D eigenvalue weighted by Crippen LogP contribution is 2.20. The third-order valence-electron chi connectivity index (χ3n) is 4.19. The summed E-state index contributed by atoms with van der Waals surface area (Å²) < 4.78 is 0. The quantitative estimate of drug-likeness (QED) is 0.740. The molecule has 0 aromatic rings. The van der Waals surface area contributed by atoms with Gasteiger partial charge in [0.1, 0.15) is 0 Å². The lowest BCUT2D eigenvalue weighted by atomic mass is 10.2. The van der Waals surface area contributed by atoms with E-state index in [-0.39, 0.29) is 18.1 Å². The first-order valence-electron chi connectivity index (χ1n) is 7.42. The molecule has 1 heterocycles. The van der Waals surface area contributed by atoms with E-state index >= 15 is 0 Å². The molecule has 1 saturated carbocycles. The fourth-order valence-corrected chi connectivity index (χ4v) is 3.26. The molecule has 5 nitrogen and oxygen atoms in total. The van der Waals surface area contributed by atoms with E-state index in [2.05, 4.69) is 10.2 Å². The van der Waals surface area contributed by atoms with Gasteiger partial charge in [-0.15, -0.1) is 0 Å². The molecule has 0 aromatic carbocycles. The van der Waals surface area contributed by atoms with Gasteiger partial charge in [-0.1, -0.05) is 12.8 Å².